The summed E-state index contributed by atoms with van der Waals surface area (Å²) in [7, 11) is 0. The summed E-state index contributed by atoms with van der Waals surface area (Å²) in [5, 5.41) is 2.83. The Labute approximate surface area is 118 Å². The van der Waals surface area contributed by atoms with E-state index >= 15 is 0 Å². The number of carbonyl (C=O) groups is 1. The highest BCUT2D eigenvalue weighted by Crippen LogP contribution is 2.04. The zero-order valence-electron chi connectivity index (χ0n) is 11.3. The largest absolute Gasteiger partial charge is 0.379 e. The van der Waals surface area contributed by atoms with E-state index in [0.717, 1.165) is 38.4 Å². The molecule has 0 aliphatic carbocycles. The number of rotatable bonds is 5. The van der Waals surface area contributed by atoms with Gasteiger partial charge in [0.1, 0.15) is 5.82 Å². The zero-order valence-corrected chi connectivity index (χ0v) is 11.3. The Kier molecular flexibility index (Phi) is 5.70. The Balaban J connectivity index is 1.68. The molecule has 0 aromatic heterocycles. The highest BCUT2D eigenvalue weighted by molar-refractivity contribution is 5.91. The lowest BCUT2D eigenvalue weighted by Crippen LogP contribution is -2.41. The molecular weight excluding hydrogens is 259 g/mol. The van der Waals surface area contributed by atoms with E-state index in [-0.39, 0.29) is 11.7 Å². The number of amides is 1. The Hall–Kier alpha value is -1.72. The third kappa shape index (κ3) is 5.11. The molecule has 1 saturated heterocycles. The van der Waals surface area contributed by atoms with Crippen molar-refractivity contribution in [3.05, 3.63) is 41.7 Å². The van der Waals surface area contributed by atoms with Crippen molar-refractivity contribution >= 4 is 12.0 Å². The van der Waals surface area contributed by atoms with Crippen LogP contribution in [0.1, 0.15) is 5.56 Å². The fraction of sp³-hybridized carbons (Fsp3) is 0.400. The van der Waals surface area contributed by atoms with Gasteiger partial charge in [-0.1, -0.05) is 12.1 Å². The molecule has 0 radical (unpaired) electrons. The summed E-state index contributed by atoms with van der Waals surface area (Å²) in [6.45, 7) is 4.81. The molecule has 108 valence electrons. The molecule has 1 N–H and O–H groups in total. The van der Waals surface area contributed by atoms with Crippen LogP contribution in [-0.2, 0) is 9.53 Å². The Morgan fingerprint density at radius 1 is 1.30 bits per heavy atom. The van der Waals surface area contributed by atoms with Crippen molar-refractivity contribution in [2.45, 2.75) is 0 Å². The van der Waals surface area contributed by atoms with Gasteiger partial charge >= 0.3 is 0 Å². The van der Waals surface area contributed by atoms with Crippen molar-refractivity contribution in [1.29, 1.82) is 0 Å². The topological polar surface area (TPSA) is 41.6 Å². The number of nitrogens with zero attached hydrogens (tertiary/aromatic N) is 1. The van der Waals surface area contributed by atoms with Crippen LogP contribution in [0.15, 0.2) is 30.3 Å². The normalized spacial score (nSPS) is 16.4. The minimum absolute atomic E-state index is 0.136. The average Bonchev–Trinajstić information content (AvgIpc) is 2.48. The van der Waals surface area contributed by atoms with E-state index in [2.05, 4.69) is 10.2 Å². The van der Waals surface area contributed by atoms with Gasteiger partial charge in [0.15, 0.2) is 0 Å². The summed E-state index contributed by atoms with van der Waals surface area (Å²) in [4.78, 5) is 13.9. The summed E-state index contributed by atoms with van der Waals surface area (Å²) in [5.74, 6) is -0.417. The molecule has 1 heterocycles. The van der Waals surface area contributed by atoms with Crippen molar-refractivity contribution in [3.8, 4) is 0 Å². The first kappa shape index (κ1) is 14.7. The number of nitrogens with one attached hydrogen (secondary N) is 1. The summed E-state index contributed by atoms with van der Waals surface area (Å²) in [5.41, 5.74) is 0.801. The first-order valence-corrected chi connectivity index (χ1v) is 6.75. The molecule has 4 nitrogen and oxygen atoms in total. The molecule has 1 amide bonds. The lowest BCUT2D eigenvalue weighted by atomic mass is 10.2. The Morgan fingerprint density at radius 3 is 2.70 bits per heavy atom. The average molecular weight is 278 g/mol. The monoisotopic (exact) mass is 278 g/mol. The first-order valence-electron chi connectivity index (χ1n) is 6.75. The fourth-order valence-corrected chi connectivity index (χ4v) is 1.97. The zero-order chi connectivity index (χ0) is 14.2. The first-order chi connectivity index (χ1) is 9.74. The van der Waals surface area contributed by atoms with Crippen molar-refractivity contribution < 1.29 is 13.9 Å². The molecule has 1 aliphatic rings. The maximum absolute atomic E-state index is 12.7. The van der Waals surface area contributed by atoms with Gasteiger partial charge in [-0.05, 0) is 23.8 Å². The van der Waals surface area contributed by atoms with Gasteiger partial charge in [0, 0.05) is 32.3 Å². The molecule has 2 rings (SSSR count). The fourth-order valence-electron chi connectivity index (χ4n) is 1.97. The standard InChI is InChI=1S/C15H19FN2O2/c16-14-4-1-13(2-5-14)3-6-15(19)17-7-8-18-9-11-20-12-10-18/h1-6H,7-12H2,(H,17,19). The molecule has 0 bridgehead atoms. The smallest absolute Gasteiger partial charge is 0.244 e. The van der Waals surface area contributed by atoms with Crippen molar-refractivity contribution in [3.63, 3.8) is 0 Å². The minimum Gasteiger partial charge on any atom is -0.379 e. The maximum Gasteiger partial charge on any atom is 0.244 e. The van der Waals surface area contributed by atoms with Gasteiger partial charge in [-0.2, -0.15) is 0 Å². The van der Waals surface area contributed by atoms with E-state index in [0.29, 0.717) is 6.54 Å². The molecule has 20 heavy (non-hydrogen) atoms. The molecular formula is C15H19FN2O2. The van der Waals surface area contributed by atoms with Crippen LogP contribution in [-0.4, -0.2) is 50.2 Å². The van der Waals surface area contributed by atoms with Gasteiger partial charge in [-0.25, -0.2) is 4.39 Å². The van der Waals surface area contributed by atoms with E-state index in [9.17, 15) is 9.18 Å². The number of morpholine rings is 1. The van der Waals surface area contributed by atoms with Gasteiger partial charge in [0.25, 0.3) is 0 Å². The van der Waals surface area contributed by atoms with Crippen LogP contribution in [0.4, 0.5) is 4.39 Å². The molecule has 0 spiro atoms. The van der Waals surface area contributed by atoms with E-state index in [1.54, 1.807) is 18.2 Å². The SMILES string of the molecule is O=C(C=Cc1ccc(F)cc1)NCCN1CCOCC1. The van der Waals surface area contributed by atoms with Crippen LogP contribution in [0.5, 0.6) is 0 Å². The molecule has 1 aromatic rings. The van der Waals surface area contributed by atoms with Gasteiger partial charge < -0.3 is 10.1 Å². The lowest BCUT2D eigenvalue weighted by molar-refractivity contribution is -0.116. The van der Waals surface area contributed by atoms with E-state index in [1.807, 2.05) is 0 Å². The lowest BCUT2D eigenvalue weighted by Gasteiger charge is -2.26. The second-order valence-corrected chi connectivity index (χ2v) is 4.63. The van der Waals surface area contributed by atoms with Crippen LogP contribution in [0.2, 0.25) is 0 Å². The molecule has 0 atom stereocenters. The third-order valence-electron chi connectivity index (χ3n) is 3.13. The predicted octanol–water partition coefficient (Wildman–Crippen LogP) is 1.29. The molecule has 1 fully saturated rings. The predicted molar refractivity (Wildman–Crippen MR) is 75.7 cm³/mol. The summed E-state index contributed by atoms with van der Waals surface area (Å²) >= 11 is 0. The van der Waals surface area contributed by atoms with Crippen LogP contribution < -0.4 is 5.32 Å². The molecule has 0 unspecified atom stereocenters. The molecule has 1 aromatic carbocycles. The van der Waals surface area contributed by atoms with Gasteiger partial charge in [-0.3, -0.25) is 9.69 Å². The third-order valence-corrected chi connectivity index (χ3v) is 3.13. The van der Waals surface area contributed by atoms with Crippen LogP contribution in [0, 0.1) is 5.82 Å². The highest BCUT2D eigenvalue weighted by Gasteiger charge is 2.09. The number of benzene rings is 1. The number of ether oxygens (including phenoxy) is 1. The second kappa shape index (κ2) is 7.77. The van der Waals surface area contributed by atoms with Crippen molar-refractivity contribution in [1.82, 2.24) is 10.2 Å². The second-order valence-electron chi connectivity index (χ2n) is 4.63. The van der Waals surface area contributed by atoms with Crippen molar-refractivity contribution in [2.75, 3.05) is 39.4 Å². The molecule has 5 heteroatoms. The number of carbonyl (C=O) groups excluding carboxylic acids is 1. The van der Waals surface area contributed by atoms with Gasteiger partial charge in [0.2, 0.25) is 5.91 Å². The molecule has 0 saturated carbocycles. The van der Waals surface area contributed by atoms with E-state index in [4.69, 9.17) is 4.74 Å². The summed E-state index contributed by atoms with van der Waals surface area (Å²) < 4.78 is 18.0. The van der Waals surface area contributed by atoms with Crippen LogP contribution in [0.25, 0.3) is 6.08 Å². The highest BCUT2D eigenvalue weighted by atomic mass is 19.1. The van der Waals surface area contributed by atoms with Crippen LogP contribution in [0.3, 0.4) is 0 Å². The Morgan fingerprint density at radius 2 is 2.00 bits per heavy atom. The summed E-state index contributed by atoms with van der Waals surface area (Å²) in [6.07, 6.45) is 3.13. The number of hydrogen-bond acceptors (Lipinski definition) is 3. The molecule has 1 aliphatic heterocycles. The summed E-state index contributed by atoms with van der Waals surface area (Å²) in [6, 6.07) is 6.01. The number of halogens is 1. The maximum atomic E-state index is 12.7. The minimum atomic E-state index is -0.280. The van der Waals surface area contributed by atoms with E-state index < -0.39 is 0 Å². The quantitative estimate of drug-likeness (QED) is 0.825. The Bertz CT molecular complexity index is 453. The van der Waals surface area contributed by atoms with Crippen molar-refractivity contribution in [2.24, 2.45) is 0 Å². The van der Waals surface area contributed by atoms with Gasteiger partial charge in [0.05, 0.1) is 13.2 Å². The van der Waals surface area contributed by atoms with E-state index in [1.165, 1.54) is 18.2 Å². The van der Waals surface area contributed by atoms with Crippen LogP contribution >= 0.6 is 0 Å². The number of hydrogen-bond donors (Lipinski definition) is 1. The van der Waals surface area contributed by atoms with Gasteiger partial charge in [-0.15, -0.1) is 0 Å².